The summed E-state index contributed by atoms with van der Waals surface area (Å²) in [4.78, 5) is 2.88. The fourth-order valence-electron chi connectivity index (χ4n) is 3.12. The maximum Gasteiger partial charge on any atom is 0.137 e. The second kappa shape index (κ2) is 9.67. The van der Waals surface area contributed by atoms with Gasteiger partial charge in [0.25, 0.3) is 0 Å². The summed E-state index contributed by atoms with van der Waals surface area (Å²) in [6, 6.07) is 7.90. The monoisotopic (exact) mass is 322 g/mol. The molecule has 1 aromatic rings. The van der Waals surface area contributed by atoms with E-state index in [0.29, 0.717) is 6.61 Å². The minimum Gasteiger partial charge on any atom is -0.490 e. The fraction of sp³-hybridized carbons (Fsp3) is 0.556. The van der Waals surface area contributed by atoms with E-state index in [2.05, 4.69) is 6.58 Å². The van der Waals surface area contributed by atoms with Crippen LogP contribution in [0.2, 0.25) is 0 Å². The summed E-state index contributed by atoms with van der Waals surface area (Å²) in [6.45, 7) is 10.1. The van der Waals surface area contributed by atoms with Crippen molar-refractivity contribution in [1.82, 2.24) is 0 Å². The number of nitrogens with one attached hydrogen (secondary N) is 2. The highest BCUT2D eigenvalue weighted by molar-refractivity contribution is 5.34. The van der Waals surface area contributed by atoms with E-state index in [1.54, 1.807) is 0 Å². The predicted molar refractivity (Wildman–Crippen MR) is 90.1 cm³/mol. The quantitative estimate of drug-likeness (QED) is 0.395. The third-order valence-electron chi connectivity index (χ3n) is 4.42. The van der Waals surface area contributed by atoms with Crippen LogP contribution >= 0.6 is 0 Å². The topological polar surface area (TPSA) is 58.6 Å². The minimum absolute atomic E-state index is 0.255. The van der Waals surface area contributed by atoms with Gasteiger partial charge >= 0.3 is 0 Å². The lowest BCUT2D eigenvalue weighted by Gasteiger charge is -2.30. The fourth-order valence-corrected chi connectivity index (χ4v) is 3.12. The number of para-hydroxylation sites is 1. The van der Waals surface area contributed by atoms with Gasteiger partial charge in [-0.3, -0.25) is 0 Å². The largest absolute Gasteiger partial charge is 0.490 e. The number of hydrogen-bond acceptors (Lipinski definition) is 3. The Morgan fingerprint density at radius 1 is 1.17 bits per heavy atom. The van der Waals surface area contributed by atoms with Gasteiger partial charge < -0.3 is 24.7 Å². The molecule has 1 aliphatic heterocycles. The molecule has 0 bridgehead atoms. The average Bonchev–Trinajstić information content (AvgIpc) is 2.56. The highest BCUT2D eigenvalue weighted by atomic mass is 16.5. The summed E-state index contributed by atoms with van der Waals surface area (Å²) in [5, 5.41) is 19.2. The van der Waals surface area contributed by atoms with Gasteiger partial charge in [-0.15, -0.1) is 6.58 Å². The van der Waals surface area contributed by atoms with E-state index in [9.17, 15) is 5.11 Å². The van der Waals surface area contributed by atoms with Crippen molar-refractivity contribution in [3.63, 3.8) is 0 Å². The summed E-state index contributed by atoms with van der Waals surface area (Å²) >= 11 is 0. The van der Waals surface area contributed by atoms with E-state index in [-0.39, 0.29) is 6.61 Å². The lowest BCUT2D eigenvalue weighted by Crippen LogP contribution is -3.28. The number of ether oxygens (including phenoxy) is 1. The number of hydrogen-bond donors (Lipinski definition) is 4. The van der Waals surface area contributed by atoms with Gasteiger partial charge in [0, 0.05) is 0 Å². The number of aliphatic hydroxyl groups is 2. The summed E-state index contributed by atoms with van der Waals surface area (Å²) in [5.41, 5.74) is 1.10. The zero-order chi connectivity index (χ0) is 16.5. The maximum atomic E-state index is 10.2. The molecule has 0 saturated carbocycles. The Bertz CT molecular complexity index is 473. The van der Waals surface area contributed by atoms with E-state index >= 15 is 0 Å². The van der Waals surface area contributed by atoms with Crippen LogP contribution in [0.15, 0.2) is 36.9 Å². The van der Waals surface area contributed by atoms with E-state index in [4.69, 9.17) is 9.84 Å². The molecule has 0 radical (unpaired) electrons. The van der Waals surface area contributed by atoms with Gasteiger partial charge in [0.1, 0.15) is 57.7 Å². The maximum absolute atomic E-state index is 10.2. The minimum atomic E-state index is -0.457. The van der Waals surface area contributed by atoms with Crippen LogP contribution in [0, 0.1) is 0 Å². The van der Waals surface area contributed by atoms with E-state index in [1.807, 2.05) is 30.3 Å². The molecule has 0 spiro atoms. The molecule has 1 aliphatic rings. The Labute approximate surface area is 138 Å². The summed E-state index contributed by atoms with van der Waals surface area (Å²) in [6.07, 6.45) is 2.17. The molecule has 5 heteroatoms. The molecule has 2 rings (SSSR count). The third kappa shape index (κ3) is 5.95. The molecule has 1 heterocycles. The third-order valence-corrected chi connectivity index (χ3v) is 4.42. The van der Waals surface area contributed by atoms with Gasteiger partial charge in [-0.1, -0.05) is 24.3 Å². The molecule has 1 atom stereocenters. The van der Waals surface area contributed by atoms with Crippen LogP contribution < -0.4 is 14.5 Å². The molecule has 5 nitrogen and oxygen atoms in total. The second-order valence-electron chi connectivity index (χ2n) is 6.24. The molecule has 1 saturated heterocycles. The number of benzene rings is 1. The average molecular weight is 322 g/mol. The molecule has 1 aromatic carbocycles. The molecule has 4 N–H and O–H groups in total. The van der Waals surface area contributed by atoms with Crippen molar-refractivity contribution in [2.75, 3.05) is 52.5 Å². The van der Waals surface area contributed by atoms with Crippen molar-refractivity contribution < 1.29 is 24.7 Å². The highest BCUT2D eigenvalue weighted by Gasteiger charge is 2.24. The second-order valence-corrected chi connectivity index (χ2v) is 6.24. The number of aliphatic hydroxyl groups excluding tert-OH is 2. The van der Waals surface area contributed by atoms with E-state index in [0.717, 1.165) is 57.0 Å². The SMILES string of the molecule is C=CCc1ccccc1OC[C@@H](O)C[NH+]1CC[NH+](CCO)CC1. The van der Waals surface area contributed by atoms with Crippen LogP contribution in [0.3, 0.4) is 0 Å². The van der Waals surface area contributed by atoms with Crippen LogP contribution in [0.5, 0.6) is 5.75 Å². The van der Waals surface area contributed by atoms with Crippen molar-refractivity contribution >= 4 is 0 Å². The highest BCUT2D eigenvalue weighted by Crippen LogP contribution is 2.18. The summed E-state index contributed by atoms with van der Waals surface area (Å²) in [5.74, 6) is 0.832. The van der Waals surface area contributed by atoms with Crippen LogP contribution in [0.4, 0.5) is 0 Å². The molecule has 0 aromatic heterocycles. The molecule has 0 amide bonds. The lowest BCUT2D eigenvalue weighted by molar-refractivity contribution is -1.01. The number of rotatable bonds is 9. The molecule has 23 heavy (non-hydrogen) atoms. The van der Waals surface area contributed by atoms with Gasteiger partial charge in [0.2, 0.25) is 0 Å². The first-order valence-electron chi connectivity index (χ1n) is 8.50. The molecular formula is C18H30N2O3+2. The van der Waals surface area contributed by atoms with E-state index < -0.39 is 6.10 Å². The first-order chi connectivity index (χ1) is 11.2. The lowest BCUT2D eigenvalue weighted by atomic mass is 10.1. The van der Waals surface area contributed by atoms with Gasteiger partial charge in [-0.05, 0) is 18.1 Å². The summed E-state index contributed by atoms with van der Waals surface area (Å²) in [7, 11) is 0. The van der Waals surface area contributed by atoms with Crippen LogP contribution in [0.25, 0.3) is 0 Å². The van der Waals surface area contributed by atoms with E-state index in [1.165, 1.54) is 9.80 Å². The zero-order valence-corrected chi connectivity index (χ0v) is 13.8. The molecule has 1 fully saturated rings. The Hall–Kier alpha value is -1.40. The van der Waals surface area contributed by atoms with Gasteiger partial charge in [-0.2, -0.15) is 0 Å². The normalized spacial score (nSPS) is 22.5. The first kappa shape index (κ1) is 17.9. The Balaban J connectivity index is 1.73. The number of allylic oxidation sites excluding steroid dienone is 1. The van der Waals surface area contributed by atoms with Crippen molar-refractivity contribution in [1.29, 1.82) is 0 Å². The van der Waals surface area contributed by atoms with Gasteiger partial charge in [-0.25, -0.2) is 0 Å². The van der Waals surface area contributed by atoms with Crippen molar-refractivity contribution in [3.8, 4) is 5.75 Å². The van der Waals surface area contributed by atoms with Crippen molar-refractivity contribution in [2.24, 2.45) is 0 Å². The number of piperazine rings is 1. The van der Waals surface area contributed by atoms with Crippen molar-refractivity contribution in [3.05, 3.63) is 42.5 Å². The Kier molecular flexibility index (Phi) is 7.55. The van der Waals surface area contributed by atoms with Gasteiger partial charge in [0.15, 0.2) is 0 Å². The van der Waals surface area contributed by atoms with Crippen LogP contribution in [-0.4, -0.2) is 68.8 Å². The van der Waals surface area contributed by atoms with Crippen LogP contribution in [-0.2, 0) is 6.42 Å². The summed E-state index contributed by atoms with van der Waals surface area (Å²) < 4.78 is 5.80. The predicted octanol–water partition coefficient (Wildman–Crippen LogP) is -2.07. The molecule has 128 valence electrons. The molecular weight excluding hydrogens is 292 g/mol. The zero-order valence-electron chi connectivity index (χ0n) is 13.8. The first-order valence-corrected chi connectivity index (χ1v) is 8.50. The molecule has 0 aliphatic carbocycles. The van der Waals surface area contributed by atoms with Crippen molar-refractivity contribution in [2.45, 2.75) is 12.5 Å². The smallest absolute Gasteiger partial charge is 0.137 e. The van der Waals surface area contributed by atoms with Gasteiger partial charge in [0.05, 0.1) is 6.61 Å². The molecule has 0 unspecified atom stereocenters. The Morgan fingerprint density at radius 2 is 1.87 bits per heavy atom. The number of quaternary nitrogens is 2. The van der Waals surface area contributed by atoms with Crippen LogP contribution in [0.1, 0.15) is 5.56 Å². The standard InChI is InChI=1S/C18H28N2O3/c1-2-5-16-6-3-4-7-18(16)23-15-17(22)14-20-10-8-19(9-11-20)12-13-21/h2-4,6-7,17,21-22H,1,5,8-15H2/p+2/t17-/m0/s1. The Morgan fingerprint density at radius 3 is 2.57 bits per heavy atom.